The van der Waals surface area contributed by atoms with Crippen LogP contribution >= 0.6 is 0 Å². The summed E-state index contributed by atoms with van der Waals surface area (Å²) in [7, 11) is 0. The molecule has 3 rings (SSSR count). The number of benzene rings is 3. The molecule has 3 N–H and O–H groups in total. The lowest BCUT2D eigenvalue weighted by molar-refractivity contribution is -0.141. The first-order valence-electron chi connectivity index (χ1n) is 11.0. The average molecular weight is 461 g/mol. The Morgan fingerprint density at radius 2 is 1.47 bits per heavy atom. The van der Waals surface area contributed by atoms with Crippen LogP contribution in [0, 0.1) is 0 Å². The molecular weight excluding hydrogens is 432 g/mol. The summed E-state index contributed by atoms with van der Waals surface area (Å²) in [5, 5.41) is 15.4. The molecule has 0 spiro atoms. The van der Waals surface area contributed by atoms with Crippen molar-refractivity contribution < 1.29 is 24.2 Å². The third-order valence-electron chi connectivity index (χ3n) is 5.26. The largest absolute Gasteiger partial charge is 0.508 e. The fourth-order valence-corrected chi connectivity index (χ4v) is 3.51. The molecule has 3 aromatic rings. The Labute approximate surface area is 198 Å². The highest BCUT2D eigenvalue weighted by molar-refractivity contribution is 5.97. The van der Waals surface area contributed by atoms with Gasteiger partial charge in [0.1, 0.15) is 11.8 Å². The fourth-order valence-electron chi connectivity index (χ4n) is 3.51. The molecule has 0 fully saturated rings. The van der Waals surface area contributed by atoms with Crippen molar-refractivity contribution in [1.82, 2.24) is 10.6 Å². The first kappa shape index (κ1) is 24.5. The van der Waals surface area contributed by atoms with Gasteiger partial charge in [-0.1, -0.05) is 60.7 Å². The van der Waals surface area contributed by atoms with Gasteiger partial charge < -0.3 is 20.5 Å². The van der Waals surface area contributed by atoms with Crippen molar-refractivity contribution >= 4 is 17.8 Å². The van der Waals surface area contributed by atoms with Gasteiger partial charge in [-0.15, -0.1) is 0 Å². The van der Waals surface area contributed by atoms with Gasteiger partial charge in [0.05, 0.1) is 12.6 Å². The molecule has 34 heavy (non-hydrogen) atoms. The van der Waals surface area contributed by atoms with Crippen LogP contribution in [0.25, 0.3) is 0 Å². The molecule has 7 heteroatoms. The van der Waals surface area contributed by atoms with E-state index in [1.807, 2.05) is 36.4 Å². The van der Waals surface area contributed by atoms with Gasteiger partial charge in [-0.2, -0.15) is 0 Å². The first-order valence-corrected chi connectivity index (χ1v) is 11.0. The number of phenols is 1. The number of carbonyl (C=O) groups is 3. The highest BCUT2D eigenvalue weighted by atomic mass is 16.5. The Morgan fingerprint density at radius 3 is 2.09 bits per heavy atom. The van der Waals surface area contributed by atoms with Crippen molar-refractivity contribution in [2.24, 2.45) is 0 Å². The zero-order chi connectivity index (χ0) is 24.3. The van der Waals surface area contributed by atoms with Crippen molar-refractivity contribution in [2.45, 2.75) is 31.8 Å². The van der Waals surface area contributed by atoms with Gasteiger partial charge in [0.2, 0.25) is 5.91 Å². The van der Waals surface area contributed by atoms with Crippen LogP contribution in [0.3, 0.4) is 0 Å². The minimum absolute atomic E-state index is 0.118. The lowest BCUT2D eigenvalue weighted by Crippen LogP contribution is -2.49. The molecule has 2 unspecified atom stereocenters. The molecule has 0 aliphatic heterocycles. The number of aromatic hydroxyl groups is 1. The first-order chi connectivity index (χ1) is 16.4. The SMILES string of the molecule is CC(=O)OCCC(NC(=O)C(Cc1ccc(O)cc1)NC(=O)c1ccccc1)c1ccccc1. The zero-order valence-electron chi connectivity index (χ0n) is 18.9. The summed E-state index contributed by atoms with van der Waals surface area (Å²) in [6.07, 6.45) is 0.615. The molecule has 7 nitrogen and oxygen atoms in total. The number of rotatable bonds is 10. The lowest BCUT2D eigenvalue weighted by Gasteiger charge is -2.24. The van der Waals surface area contributed by atoms with Gasteiger partial charge in [0.15, 0.2) is 0 Å². The van der Waals surface area contributed by atoms with E-state index in [-0.39, 0.29) is 30.6 Å². The molecule has 2 atom stereocenters. The predicted molar refractivity (Wildman–Crippen MR) is 128 cm³/mol. The molecule has 0 saturated heterocycles. The van der Waals surface area contributed by atoms with Crippen LogP contribution < -0.4 is 10.6 Å². The van der Waals surface area contributed by atoms with Gasteiger partial charge >= 0.3 is 5.97 Å². The molecule has 0 radical (unpaired) electrons. The van der Waals surface area contributed by atoms with E-state index in [2.05, 4.69) is 10.6 Å². The van der Waals surface area contributed by atoms with Crippen LogP contribution in [0.4, 0.5) is 0 Å². The highest BCUT2D eigenvalue weighted by Gasteiger charge is 2.25. The molecule has 0 aliphatic carbocycles. The number of ether oxygens (including phenoxy) is 1. The Morgan fingerprint density at radius 1 is 0.853 bits per heavy atom. The smallest absolute Gasteiger partial charge is 0.302 e. The summed E-state index contributed by atoms with van der Waals surface area (Å²) in [6.45, 7) is 1.48. The summed E-state index contributed by atoms with van der Waals surface area (Å²) in [6, 6.07) is 23.3. The quantitative estimate of drug-likeness (QED) is 0.402. The van der Waals surface area contributed by atoms with Crippen LogP contribution in [0.1, 0.15) is 40.9 Å². The van der Waals surface area contributed by atoms with Crippen LogP contribution in [-0.4, -0.2) is 35.5 Å². The Bertz CT molecular complexity index is 1090. The second-order valence-corrected chi connectivity index (χ2v) is 7.86. The Balaban J connectivity index is 1.80. The van der Waals surface area contributed by atoms with Crippen molar-refractivity contribution in [3.05, 3.63) is 102 Å². The van der Waals surface area contributed by atoms with Crippen LogP contribution in [0.15, 0.2) is 84.9 Å². The number of carbonyl (C=O) groups excluding carboxylic acids is 3. The van der Waals surface area contributed by atoms with Crippen molar-refractivity contribution in [3.8, 4) is 5.75 Å². The number of esters is 1. The van der Waals surface area contributed by atoms with Crippen LogP contribution in [0.5, 0.6) is 5.75 Å². The van der Waals surface area contributed by atoms with E-state index in [4.69, 9.17) is 4.74 Å². The van der Waals surface area contributed by atoms with Gasteiger partial charge in [0.25, 0.3) is 5.91 Å². The minimum Gasteiger partial charge on any atom is -0.508 e. The minimum atomic E-state index is -0.864. The molecule has 0 heterocycles. The summed E-state index contributed by atoms with van der Waals surface area (Å²) >= 11 is 0. The standard InChI is InChI=1S/C27H28N2O5/c1-19(30)34-17-16-24(21-8-4-2-5-9-21)28-27(33)25(18-20-12-14-23(31)15-13-20)29-26(32)22-10-6-3-7-11-22/h2-15,24-25,31H,16-18H2,1H3,(H,28,33)(H,29,32). The molecule has 3 aromatic carbocycles. The number of phenolic OH excluding ortho intramolecular Hbond substituents is 1. The normalized spacial score (nSPS) is 12.3. The number of amides is 2. The summed E-state index contributed by atoms with van der Waals surface area (Å²) in [5.74, 6) is -1.00. The Hall–Kier alpha value is -4.13. The second-order valence-electron chi connectivity index (χ2n) is 7.86. The molecule has 0 aliphatic rings. The van der Waals surface area contributed by atoms with E-state index in [0.29, 0.717) is 12.0 Å². The fraction of sp³-hybridized carbons (Fsp3) is 0.222. The second kappa shape index (κ2) is 12.2. The van der Waals surface area contributed by atoms with Crippen LogP contribution in [-0.2, 0) is 20.7 Å². The van der Waals surface area contributed by atoms with Crippen LogP contribution in [0.2, 0.25) is 0 Å². The van der Waals surface area contributed by atoms with Gasteiger partial charge in [-0.3, -0.25) is 14.4 Å². The Kier molecular flexibility index (Phi) is 8.80. The third-order valence-corrected chi connectivity index (χ3v) is 5.26. The zero-order valence-corrected chi connectivity index (χ0v) is 18.9. The van der Waals surface area contributed by atoms with Crippen molar-refractivity contribution in [1.29, 1.82) is 0 Å². The lowest BCUT2D eigenvalue weighted by atomic mass is 10.0. The topological polar surface area (TPSA) is 105 Å². The summed E-state index contributed by atoms with van der Waals surface area (Å²) in [5.41, 5.74) is 2.09. The average Bonchev–Trinajstić information content (AvgIpc) is 2.85. The van der Waals surface area contributed by atoms with E-state index in [9.17, 15) is 19.5 Å². The van der Waals surface area contributed by atoms with Crippen molar-refractivity contribution in [3.63, 3.8) is 0 Å². The maximum atomic E-state index is 13.4. The van der Waals surface area contributed by atoms with E-state index in [1.54, 1.807) is 36.4 Å². The predicted octanol–water partition coefficient (Wildman–Crippen LogP) is 3.54. The number of hydrogen-bond acceptors (Lipinski definition) is 5. The maximum absolute atomic E-state index is 13.4. The monoisotopic (exact) mass is 460 g/mol. The van der Waals surface area contributed by atoms with Crippen molar-refractivity contribution in [2.75, 3.05) is 6.61 Å². The van der Waals surface area contributed by atoms with E-state index in [0.717, 1.165) is 11.1 Å². The molecule has 0 bridgehead atoms. The van der Waals surface area contributed by atoms with E-state index >= 15 is 0 Å². The third kappa shape index (κ3) is 7.48. The summed E-state index contributed by atoms with van der Waals surface area (Å²) < 4.78 is 5.08. The summed E-state index contributed by atoms with van der Waals surface area (Å²) in [4.78, 5) is 37.4. The maximum Gasteiger partial charge on any atom is 0.302 e. The molecule has 176 valence electrons. The van der Waals surface area contributed by atoms with E-state index < -0.39 is 18.1 Å². The van der Waals surface area contributed by atoms with Gasteiger partial charge in [-0.05, 0) is 35.4 Å². The molecule has 0 aromatic heterocycles. The van der Waals surface area contributed by atoms with Gasteiger partial charge in [0, 0.05) is 25.3 Å². The number of nitrogens with one attached hydrogen (secondary N) is 2. The highest BCUT2D eigenvalue weighted by Crippen LogP contribution is 2.18. The number of hydrogen-bond donors (Lipinski definition) is 3. The van der Waals surface area contributed by atoms with E-state index in [1.165, 1.54) is 19.1 Å². The molecule has 2 amide bonds. The molecule has 0 saturated carbocycles. The van der Waals surface area contributed by atoms with Gasteiger partial charge in [-0.25, -0.2) is 0 Å². The molecular formula is C27H28N2O5.